The maximum absolute atomic E-state index is 10.5. The molecule has 1 aromatic carbocycles. The van der Waals surface area contributed by atoms with Crippen LogP contribution in [0.3, 0.4) is 0 Å². The Bertz CT molecular complexity index is 314. The van der Waals surface area contributed by atoms with Gasteiger partial charge in [-0.05, 0) is 40.6 Å². The Morgan fingerprint density at radius 1 is 1.54 bits per heavy atom. The van der Waals surface area contributed by atoms with Crippen molar-refractivity contribution in [2.24, 2.45) is 5.73 Å². The zero-order valence-electron chi connectivity index (χ0n) is 6.90. The van der Waals surface area contributed by atoms with E-state index in [1.54, 1.807) is 0 Å². The van der Waals surface area contributed by atoms with Crippen LogP contribution in [0.4, 0.5) is 0 Å². The molecule has 1 unspecified atom stereocenters. The highest BCUT2D eigenvalue weighted by molar-refractivity contribution is 14.1. The molecule has 0 aliphatic heterocycles. The number of carbonyl (C=O) groups is 1. The average molecular weight is 291 g/mol. The van der Waals surface area contributed by atoms with Crippen molar-refractivity contribution in [3.63, 3.8) is 0 Å². The van der Waals surface area contributed by atoms with Crippen LogP contribution >= 0.6 is 22.6 Å². The summed E-state index contributed by atoms with van der Waals surface area (Å²) in [5.41, 5.74) is 6.40. The van der Waals surface area contributed by atoms with Gasteiger partial charge in [0.2, 0.25) is 0 Å². The first-order valence-corrected chi connectivity index (χ1v) is 4.91. The number of hydrogen-bond donors (Lipinski definition) is 2. The van der Waals surface area contributed by atoms with E-state index in [2.05, 4.69) is 22.6 Å². The molecule has 3 N–H and O–H groups in total. The molecule has 1 rings (SSSR count). The van der Waals surface area contributed by atoms with Crippen LogP contribution in [0.15, 0.2) is 24.3 Å². The molecule has 1 aromatic rings. The summed E-state index contributed by atoms with van der Waals surface area (Å²) < 4.78 is 1.05. The first-order valence-electron chi connectivity index (χ1n) is 3.83. The van der Waals surface area contributed by atoms with Gasteiger partial charge in [-0.15, -0.1) is 0 Å². The Morgan fingerprint density at radius 2 is 2.15 bits per heavy atom. The van der Waals surface area contributed by atoms with Crippen LogP contribution in [0.25, 0.3) is 0 Å². The molecule has 0 amide bonds. The topological polar surface area (TPSA) is 63.3 Å². The number of carboxylic acids is 1. The van der Waals surface area contributed by atoms with Crippen LogP contribution in [0.2, 0.25) is 0 Å². The zero-order chi connectivity index (χ0) is 9.84. The number of hydrogen-bond acceptors (Lipinski definition) is 2. The molecule has 70 valence electrons. The monoisotopic (exact) mass is 291 g/mol. The molecule has 1 atom stereocenters. The standard InChI is InChI=1S/C9H10INO2/c10-7-4-2-1-3-6(7)5-8(11)9(12)13/h1-4,8H,5,11H2,(H,12,13). The summed E-state index contributed by atoms with van der Waals surface area (Å²) in [6, 6.07) is 6.81. The Kier molecular flexibility index (Phi) is 3.68. The Balaban J connectivity index is 2.74. The molecule has 0 saturated carbocycles. The molecule has 13 heavy (non-hydrogen) atoms. The molecule has 0 bridgehead atoms. The third kappa shape index (κ3) is 2.96. The second kappa shape index (κ2) is 4.57. The maximum atomic E-state index is 10.5. The summed E-state index contributed by atoms with van der Waals surface area (Å²) in [5.74, 6) is -0.959. The number of halogens is 1. The molecule has 0 heterocycles. The zero-order valence-corrected chi connectivity index (χ0v) is 9.06. The number of carboxylic acid groups (broad SMARTS) is 1. The molecule has 0 spiro atoms. The normalized spacial score (nSPS) is 12.5. The number of aliphatic carboxylic acids is 1. The van der Waals surface area contributed by atoms with Crippen LogP contribution in [-0.4, -0.2) is 17.1 Å². The van der Waals surface area contributed by atoms with Crippen molar-refractivity contribution >= 4 is 28.6 Å². The predicted octanol–water partition coefficient (Wildman–Crippen LogP) is 1.25. The number of rotatable bonds is 3. The third-order valence-corrected chi connectivity index (χ3v) is 2.77. The second-order valence-electron chi connectivity index (χ2n) is 2.74. The van der Waals surface area contributed by atoms with E-state index in [9.17, 15) is 4.79 Å². The first kappa shape index (κ1) is 10.5. The smallest absolute Gasteiger partial charge is 0.320 e. The van der Waals surface area contributed by atoms with Gasteiger partial charge in [-0.2, -0.15) is 0 Å². The number of nitrogens with two attached hydrogens (primary N) is 1. The fourth-order valence-electron chi connectivity index (χ4n) is 0.988. The van der Waals surface area contributed by atoms with E-state index >= 15 is 0 Å². The van der Waals surface area contributed by atoms with Gasteiger partial charge in [-0.3, -0.25) is 4.79 Å². The predicted molar refractivity (Wildman–Crippen MR) is 58.5 cm³/mol. The van der Waals surface area contributed by atoms with Crippen LogP contribution in [0, 0.1) is 3.57 Å². The van der Waals surface area contributed by atoms with Gasteiger partial charge in [-0.1, -0.05) is 18.2 Å². The molecular formula is C9H10INO2. The Hall–Kier alpha value is -0.620. The van der Waals surface area contributed by atoms with E-state index < -0.39 is 12.0 Å². The summed E-state index contributed by atoms with van der Waals surface area (Å²) in [6.45, 7) is 0. The van der Waals surface area contributed by atoms with Crippen molar-refractivity contribution in [1.82, 2.24) is 0 Å². The lowest BCUT2D eigenvalue weighted by atomic mass is 10.1. The first-order chi connectivity index (χ1) is 6.11. The Morgan fingerprint density at radius 3 is 2.69 bits per heavy atom. The lowest BCUT2D eigenvalue weighted by molar-refractivity contribution is -0.138. The minimum absolute atomic E-state index is 0.383. The van der Waals surface area contributed by atoms with E-state index in [1.807, 2.05) is 24.3 Å². The van der Waals surface area contributed by atoms with Gasteiger partial charge in [0, 0.05) is 3.57 Å². The van der Waals surface area contributed by atoms with Crippen molar-refractivity contribution in [2.75, 3.05) is 0 Å². The third-order valence-electron chi connectivity index (χ3n) is 1.71. The molecule has 0 aromatic heterocycles. The van der Waals surface area contributed by atoms with Gasteiger partial charge in [0.25, 0.3) is 0 Å². The van der Waals surface area contributed by atoms with E-state index in [0.717, 1.165) is 9.13 Å². The highest BCUT2D eigenvalue weighted by Crippen LogP contribution is 2.12. The lowest BCUT2D eigenvalue weighted by Crippen LogP contribution is -2.32. The largest absolute Gasteiger partial charge is 0.480 e. The van der Waals surface area contributed by atoms with Gasteiger partial charge >= 0.3 is 5.97 Å². The second-order valence-corrected chi connectivity index (χ2v) is 3.90. The van der Waals surface area contributed by atoms with Crippen molar-refractivity contribution in [1.29, 1.82) is 0 Å². The van der Waals surface area contributed by atoms with Gasteiger partial charge in [-0.25, -0.2) is 0 Å². The van der Waals surface area contributed by atoms with E-state index in [4.69, 9.17) is 10.8 Å². The van der Waals surface area contributed by atoms with Crippen LogP contribution in [-0.2, 0) is 11.2 Å². The van der Waals surface area contributed by atoms with E-state index in [1.165, 1.54) is 0 Å². The van der Waals surface area contributed by atoms with Gasteiger partial charge in [0.05, 0.1) is 0 Å². The fraction of sp³-hybridized carbons (Fsp3) is 0.222. The minimum atomic E-state index is -0.959. The highest BCUT2D eigenvalue weighted by atomic mass is 127. The molecule has 0 fully saturated rings. The minimum Gasteiger partial charge on any atom is -0.480 e. The molecule has 0 aliphatic rings. The van der Waals surface area contributed by atoms with Gasteiger partial charge in [0.1, 0.15) is 6.04 Å². The summed E-state index contributed by atoms with van der Waals surface area (Å²) in [6.07, 6.45) is 0.383. The van der Waals surface area contributed by atoms with Crippen molar-refractivity contribution in [3.05, 3.63) is 33.4 Å². The van der Waals surface area contributed by atoms with Crippen molar-refractivity contribution in [3.8, 4) is 0 Å². The summed E-state index contributed by atoms with van der Waals surface area (Å²) in [4.78, 5) is 10.5. The fourth-order valence-corrected chi connectivity index (χ4v) is 1.60. The molecular weight excluding hydrogens is 281 g/mol. The SMILES string of the molecule is NC(Cc1ccccc1I)C(=O)O. The van der Waals surface area contributed by atoms with Crippen LogP contribution in [0.1, 0.15) is 5.56 Å². The quantitative estimate of drug-likeness (QED) is 0.824. The average Bonchev–Trinajstić information content (AvgIpc) is 2.08. The summed E-state index contributed by atoms with van der Waals surface area (Å²) in [7, 11) is 0. The Labute approximate surface area is 90.1 Å². The molecule has 0 saturated heterocycles. The number of benzene rings is 1. The summed E-state index contributed by atoms with van der Waals surface area (Å²) in [5, 5.41) is 8.61. The summed E-state index contributed by atoms with van der Waals surface area (Å²) >= 11 is 2.17. The highest BCUT2D eigenvalue weighted by Gasteiger charge is 2.12. The lowest BCUT2D eigenvalue weighted by Gasteiger charge is -2.07. The molecule has 0 radical (unpaired) electrons. The van der Waals surface area contributed by atoms with Crippen LogP contribution in [0.5, 0.6) is 0 Å². The molecule has 0 aliphatic carbocycles. The van der Waals surface area contributed by atoms with Crippen molar-refractivity contribution < 1.29 is 9.90 Å². The molecule has 4 heteroatoms. The van der Waals surface area contributed by atoms with Gasteiger partial charge < -0.3 is 10.8 Å². The van der Waals surface area contributed by atoms with E-state index in [-0.39, 0.29) is 0 Å². The van der Waals surface area contributed by atoms with E-state index in [0.29, 0.717) is 6.42 Å². The van der Waals surface area contributed by atoms with Crippen LogP contribution < -0.4 is 5.73 Å². The van der Waals surface area contributed by atoms with Gasteiger partial charge in [0.15, 0.2) is 0 Å². The molecule has 3 nitrogen and oxygen atoms in total. The maximum Gasteiger partial charge on any atom is 0.320 e. The van der Waals surface area contributed by atoms with Crippen molar-refractivity contribution in [2.45, 2.75) is 12.5 Å².